The van der Waals surface area contributed by atoms with Crippen LogP contribution in [0.15, 0.2) is 48.6 Å². The van der Waals surface area contributed by atoms with E-state index in [1.807, 2.05) is 69.3 Å². The first-order valence-corrected chi connectivity index (χ1v) is 5.36. The molecule has 0 fully saturated rings. The van der Waals surface area contributed by atoms with E-state index in [2.05, 4.69) is 0 Å². The van der Waals surface area contributed by atoms with Crippen LogP contribution in [-0.4, -0.2) is 7.18 Å². The van der Waals surface area contributed by atoms with Crippen molar-refractivity contribution in [1.29, 1.82) is 0 Å². The van der Waals surface area contributed by atoms with Crippen molar-refractivity contribution in [3.8, 4) is 0 Å². The number of alkyl halides is 1. The summed E-state index contributed by atoms with van der Waals surface area (Å²) in [7, 11) is 0.500. The van der Waals surface area contributed by atoms with E-state index in [0.29, 0.717) is 7.18 Å². The van der Waals surface area contributed by atoms with Gasteiger partial charge in [0.2, 0.25) is 0 Å². The van der Waals surface area contributed by atoms with E-state index in [0.717, 1.165) is 11.3 Å². The lowest BCUT2D eigenvalue weighted by molar-refractivity contribution is 0.636. The fourth-order valence-corrected chi connectivity index (χ4v) is 0.927. The third-order valence-electron chi connectivity index (χ3n) is 1.58. The van der Waals surface area contributed by atoms with Gasteiger partial charge in [0.05, 0.1) is 7.18 Å². The highest BCUT2D eigenvalue weighted by Gasteiger charge is 1.90. The molecule has 16 heavy (non-hydrogen) atoms. The summed E-state index contributed by atoms with van der Waals surface area (Å²) in [6, 6.07) is 9.93. The molecule has 0 saturated heterocycles. The summed E-state index contributed by atoms with van der Waals surface area (Å²) in [6.07, 6.45) is 5.79. The highest BCUT2D eigenvalue weighted by molar-refractivity contribution is 5.63. The Balaban J connectivity index is 0. The van der Waals surface area contributed by atoms with Crippen LogP contribution in [0.4, 0.5) is 4.39 Å². The molecule has 0 amide bonds. The Hall–Kier alpha value is -1.57. The van der Waals surface area contributed by atoms with Crippen LogP contribution >= 0.6 is 0 Å². The zero-order valence-electron chi connectivity index (χ0n) is 10.6. The number of hydrogen-bond acceptors (Lipinski definition) is 1. The maximum absolute atomic E-state index is 9.50. The molecule has 0 heterocycles. The van der Waals surface area contributed by atoms with Crippen molar-refractivity contribution in [1.82, 2.24) is 0 Å². The smallest absolute Gasteiger partial charge is 0.0785 e. The molecule has 0 unspecified atom stereocenters. The van der Waals surface area contributed by atoms with Crippen molar-refractivity contribution in [2.24, 2.45) is 5.73 Å². The number of hydrogen-bond donors (Lipinski definition) is 1. The van der Waals surface area contributed by atoms with Crippen molar-refractivity contribution < 1.29 is 4.39 Å². The van der Waals surface area contributed by atoms with Crippen LogP contribution in [-0.2, 0) is 0 Å². The average molecular weight is 223 g/mol. The Morgan fingerprint density at radius 1 is 1.12 bits per heavy atom. The Morgan fingerprint density at radius 2 is 1.62 bits per heavy atom. The lowest BCUT2D eigenvalue weighted by atomic mass is 10.1. The number of rotatable bonds is 2. The lowest BCUT2D eigenvalue weighted by Gasteiger charge is -1.98. The number of allylic oxidation sites excluding steroid dienone is 3. The molecule has 1 aromatic carbocycles. The van der Waals surface area contributed by atoms with Crippen LogP contribution in [0.3, 0.4) is 0 Å². The van der Waals surface area contributed by atoms with E-state index in [1.165, 1.54) is 0 Å². The first kappa shape index (κ1) is 16.8. The second-order valence-electron chi connectivity index (χ2n) is 2.51. The van der Waals surface area contributed by atoms with Crippen molar-refractivity contribution in [3.05, 3.63) is 54.1 Å². The molecular weight excluding hydrogens is 201 g/mol. The first-order chi connectivity index (χ1) is 7.84. The Labute approximate surface area is 98.5 Å². The van der Waals surface area contributed by atoms with Crippen molar-refractivity contribution in [3.63, 3.8) is 0 Å². The molecule has 1 aromatic rings. The standard InChI is InChI=1S/C11H13N.C2H6.CH3F/c1-2-3-9-11(12)10-7-5-4-6-8-10;2*1-2/h2-9H,12H2,1H3;1-2H3;1H3/b3-2-,11-9-;;. The highest BCUT2D eigenvalue weighted by atomic mass is 19.1. The molecule has 0 aromatic heterocycles. The molecule has 1 nitrogen and oxygen atoms in total. The molecule has 0 saturated carbocycles. The van der Waals surface area contributed by atoms with Gasteiger partial charge in [0.1, 0.15) is 0 Å². The molecule has 0 bridgehead atoms. The van der Waals surface area contributed by atoms with Crippen molar-refractivity contribution >= 4 is 5.70 Å². The Morgan fingerprint density at radius 3 is 2.06 bits per heavy atom. The van der Waals surface area contributed by atoms with Crippen LogP contribution in [0.5, 0.6) is 0 Å². The normalized spacial score (nSPS) is 9.94. The van der Waals surface area contributed by atoms with E-state index in [4.69, 9.17) is 5.73 Å². The molecule has 0 aliphatic rings. The largest absolute Gasteiger partial charge is 0.398 e. The molecular formula is C14H22FN. The quantitative estimate of drug-likeness (QED) is 0.748. The first-order valence-electron chi connectivity index (χ1n) is 5.36. The zero-order chi connectivity index (χ0) is 12.8. The molecule has 0 aliphatic heterocycles. The minimum atomic E-state index is 0.500. The van der Waals surface area contributed by atoms with E-state index >= 15 is 0 Å². The van der Waals surface area contributed by atoms with Gasteiger partial charge < -0.3 is 5.73 Å². The monoisotopic (exact) mass is 223 g/mol. The maximum atomic E-state index is 9.50. The molecule has 0 aliphatic carbocycles. The summed E-state index contributed by atoms with van der Waals surface area (Å²) in [4.78, 5) is 0. The second kappa shape index (κ2) is 13.4. The average Bonchev–Trinajstić information content (AvgIpc) is 2.41. The predicted molar refractivity (Wildman–Crippen MR) is 71.8 cm³/mol. The maximum Gasteiger partial charge on any atom is 0.0785 e. The topological polar surface area (TPSA) is 26.0 Å². The molecule has 1 rings (SSSR count). The summed E-state index contributed by atoms with van der Waals surface area (Å²) in [5.74, 6) is 0. The summed E-state index contributed by atoms with van der Waals surface area (Å²) < 4.78 is 9.50. The molecule has 0 atom stereocenters. The van der Waals surface area contributed by atoms with Crippen molar-refractivity contribution in [2.45, 2.75) is 20.8 Å². The number of benzene rings is 1. The number of halogens is 1. The van der Waals surface area contributed by atoms with Crippen LogP contribution < -0.4 is 5.73 Å². The van der Waals surface area contributed by atoms with Crippen LogP contribution in [0.25, 0.3) is 5.70 Å². The molecule has 90 valence electrons. The van der Waals surface area contributed by atoms with Gasteiger partial charge in [-0.05, 0) is 18.6 Å². The fraction of sp³-hybridized carbons (Fsp3) is 0.286. The summed E-state index contributed by atoms with van der Waals surface area (Å²) in [5.41, 5.74) is 7.66. The Bertz CT molecular complexity index is 289. The molecule has 0 spiro atoms. The van der Waals surface area contributed by atoms with Gasteiger partial charge in [0.25, 0.3) is 0 Å². The van der Waals surface area contributed by atoms with Crippen molar-refractivity contribution in [2.75, 3.05) is 7.18 Å². The van der Waals surface area contributed by atoms with Crippen LogP contribution in [0, 0.1) is 0 Å². The van der Waals surface area contributed by atoms with Crippen LogP contribution in [0.2, 0.25) is 0 Å². The van der Waals surface area contributed by atoms with Crippen LogP contribution in [0.1, 0.15) is 26.3 Å². The Kier molecular flexibility index (Phi) is 14.1. The molecule has 2 N–H and O–H groups in total. The van der Waals surface area contributed by atoms with Gasteiger partial charge in [-0.1, -0.05) is 56.3 Å². The summed E-state index contributed by atoms with van der Waals surface area (Å²) >= 11 is 0. The SMILES string of the molecule is C/C=C\C=C(/N)c1ccccc1.CC.CF. The van der Waals surface area contributed by atoms with Gasteiger partial charge in [-0.3, -0.25) is 4.39 Å². The van der Waals surface area contributed by atoms with Gasteiger partial charge in [-0.2, -0.15) is 0 Å². The van der Waals surface area contributed by atoms with Gasteiger partial charge in [-0.15, -0.1) is 0 Å². The minimum Gasteiger partial charge on any atom is -0.398 e. The highest BCUT2D eigenvalue weighted by Crippen LogP contribution is 2.07. The zero-order valence-corrected chi connectivity index (χ0v) is 10.6. The molecule has 2 heteroatoms. The predicted octanol–water partition coefficient (Wildman–Crippen LogP) is 4.17. The summed E-state index contributed by atoms with van der Waals surface area (Å²) in [5, 5.41) is 0. The van der Waals surface area contributed by atoms with Gasteiger partial charge in [-0.25, -0.2) is 0 Å². The van der Waals surface area contributed by atoms with Gasteiger partial charge in [0.15, 0.2) is 0 Å². The third-order valence-corrected chi connectivity index (χ3v) is 1.58. The van der Waals surface area contributed by atoms with E-state index < -0.39 is 0 Å². The van der Waals surface area contributed by atoms with Gasteiger partial charge >= 0.3 is 0 Å². The lowest BCUT2D eigenvalue weighted by Crippen LogP contribution is -1.94. The molecule has 0 radical (unpaired) electrons. The summed E-state index contributed by atoms with van der Waals surface area (Å²) in [6.45, 7) is 5.97. The number of nitrogens with two attached hydrogens (primary N) is 1. The van der Waals surface area contributed by atoms with Gasteiger partial charge in [0, 0.05) is 5.70 Å². The van der Waals surface area contributed by atoms with E-state index in [9.17, 15) is 4.39 Å². The minimum absolute atomic E-state index is 0.500. The third kappa shape index (κ3) is 7.80. The second-order valence-corrected chi connectivity index (χ2v) is 2.51. The van der Waals surface area contributed by atoms with E-state index in [1.54, 1.807) is 0 Å². The fourth-order valence-electron chi connectivity index (χ4n) is 0.927. The van der Waals surface area contributed by atoms with E-state index in [-0.39, 0.29) is 0 Å².